The van der Waals surface area contributed by atoms with Gasteiger partial charge < -0.3 is 24.7 Å². The summed E-state index contributed by atoms with van der Waals surface area (Å²) in [6, 6.07) is 12.3. The fourth-order valence-corrected chi connectivity index (χ4v) is 3.56. The van der Waals surface area contributed by atoms with Gasteiger partial charge in [-0.05, 0) is 55.2 Å². The van der Waals surface area contributed by atoms with Gasteiger partial charge in [-0.2, -0.15) is 0 Å². The number of nitrogens with one attached hydrogen (secondary N) is 2. The number of nitrogens with zero attached hydrogens (tertiary/aromatic N) is 2. The Balaban J connectivity index is 0.00000300. The highest BCUT2D eigenvalue weighted by molar-refractivity contribution is 14.0. The number of guanidine groups is 1. The first-order valence-corrected chi connectivity index (χ1v) is 10.6. The Morgan fingerprint density at radius 3 is 2.83 bits per heavy atom. The molecule has 0 aliphatic carbocycles. The van der Waals surface area contributed by atoms with Gasteiger partial charge in [-0.25, -0.2) is 0 Å². The minimum atomic E-state index is 0. The zero-order valence-corrected chi connectivity index (χ0v) is 20.7. The molecule has 1 fully saturated rings. The second-order valence-corrected chi connectivity index (χ2v) is 7.86. The minimum absolute atomic E-state index is 0. The molecule has 2 aromatic rings. The summed E-state index contributed by atoms with van der Waals surface area (Å²) in [5.74, 6) is 2.34. The average molecular weight is 577 g/mol. The van der Waals surface area contributed by atoms with Crippen LogP contribution in [0.3, 0.4) is 0 Å². The summed E-state index contributed by atoms with van der Waals surface area (Å²) in [6.45, 7) is 5.15. The van der Waals surface area contributed by atoms with Crippen LogP contribution in [-0.2, 0) is 11.3 Å². The van der Waals surface area contributed by atoms with Crippen molar-refractivity contribution in [2.24, 2.45) is 10.9 Å². The largest absolute Gasteiger partial charge is 0.467 e. The Kier molecular flexibility index (Phi) is 10.9. The molecule has 0 radical (unpaired) electrons. The molecule has 1 aliphatic rings. The van der Waals surface area contributed by atoms with Crippen molar-refractivity contribution in [1.82, 2.24) is 10.6 Å². The van der Waals surface area contributed by atoms with Crippen LogP contribution in [0.5, 0.6) is 0 Å². The predicted octanol–water partition coefficient (Wildman–Crippen LogP) is 4.26. The van der Waals surface area contributed by atoms with Crippen molar-refractivity contribution in [3.63, 3.8) is 0 Å². The van der Waals surface area contributed by atoms with E-state index in [0.29, 0.717) is 19.1 Å². The fraction of sp³-hybridized carbons (Fsp3) is 0.476. The number of aliphatic imine (C=N–C) groups is 1. The van der Waals surface area contributed by atoms with Gasteiger partial charge in [-0.15, -0.1) is 24.0 Å². The number of ether oxygens (including phenoxy) is 1. The third kappa shape index (κ3) is 8.18. The number of benzene rings is 1. The summed E-state index contributed by atoms with van der Waals surface area (Å²) in [4.78, 5) is 6.76. The number of furan rings is 1. The quantitative estimate of drug-likeness (QED) is 0.202. The summed E-state index contributed by atoms with van der Waals surface area (Å²) < 4.78 is 12.0. The van der Waals surface area contributed by atoms with Gasteiger partial charge in [0.1, 0.15) is 12.4 Å². The molecule has 1 aliphatic heterocycles. The molecule has 6 nitrogen and oxygen atoms in total. The number of rotatable bonds is 9. The first kappa shape index (κ1) is 24.0. The first-order valence-electron chi connectivity index (χ1n) is 9.80. The molecular weight excluding hydrogens is 547 g/mol. The normalized spacial score (nSPS) is 16.6. The van der Waals surface area contributed by atoms with E-state index in [0.717, 1.165) is 48.8 Å². The molecule has 3 rings (SSSR count). The van der Waals surface area contributed by atoms with E-state index in [1.54, 1.807) is 6.26 Å². The molecule has 29 heavy (non-hydrogen) atoms. The van der Waals surface area contributed by atoms with Crippen molar-refractivity contribution in [2.45, 2.75) is 19.4 Å². The summed E-state index contributed by atoms with van der Waals surface area (Å²) in [5, 5.41) is 6.81. The van der Waals surface area contributed by atoms with Crippen molar-refractivity contribution < 1.29 is 9.15 Å². The molecule has 0 saturated carbocycles. The van der Waals surface area contributed by atoms with Gasteiger partial charge in [0.05, 0.1) is 6.26 Å². The van der Waals surface area contributed by atoms with Gasteiger partial charge in [0.25, 0.3) is 0 Å². The third-order valence-electron chi connectivity index (χ3n) is 4.84. The molecule has 8 heteroatoms. The van der Waals surface area contributed by atoms with Gasteiger partial charge >= 0.3 is 0 Å². The standard InChI is InChI=1S/C21H29BrN4O2.HI/c1-23-21(24-10-3-12-27-16-20-4-2-13-28-20)25-14-17-9-11-26(15-17)19-7-5-18(22)6-8-19;/h2,4-8,13,17H,3,9-12,14-16H2,1H3,(H2,23,24,25);1H. The highest BCUT2D eigenvalue weighted by atomic mass is 127. The van der Waals surface area contributed by atoms with Crippen LogP contribution >= 0.6 is 39.9 Å². The minimum Gasteiger partial charge on any atom is -0.467 e. The zero-order chi connectivity index (χ0) is 19.6. The van der Waals surface area contributed by atoms with Crippen LogP contribution in [0.4, 0.5) is 5.69 Å². The first-order chi connectivity index (χ1) is 13.7. The van der Waals surface area contributed by atoms with Crippen molar-refractivity contribution in [3.05, 3.63) is 52.9 Å². The van der Waals surface area contributed by atoms with E-state index in [1.807, 2.05) is 19.2 Å². The fourth-order valence-electron chi connectivity index (χ4n) is 3.30. The van der Waals surface area contributed by atoms with Crippen LogP contribution in [0.1, 0.15) is 18.6 Å². The Morgan fingerprint density at radius 1 is 1.28 bits per heavy atom. The van der Waals surface area contributed by atoms with Crippen molar-refractivity contribution in [3.8, 4) is 0 Å². The zero-order valence-electron chi connectivity index (χ0n) is 16.8. The topological polar surface area (TPSA) is 62.0 Å². The van der Waals surface area contributed by atoms with E-state index in [4.69, 9.17) is 9.15 Å². The number of anilines is 1. The second-order valence-electron chi connectivity index (χ2n) is 6.94. The Hall–Kier alpha value is -1.26. The second kappa shape index (κ2) is 13.1. The summed E-state index contributed by atoms with van der Waals surface area (Å²) in [6.07, 6.45) is 3.78. The van der Waals surface area contributed by atoms with Crippen LogP contribution in [0.15, 0.2) is 56.5 Å². The molecule has 1 atom stereocenters. The van der Waals surface area contributed by atoms with E-state index < -0.39 is 0 Å². The van der Waals surface area contributed by atoms with Gasteiger partial charge in [-0.1, -0.05) is 15.9 Å². The molecule has 1 unspecified atom stereocenters. The molecule has 0 bridgehead atoms. The molecule has 160 valence electrons. The van der Waals surface area contributed by atoms with Crippen LogP contribution in [-0.4, -0.2) is 45.8 Å². The van der Waals surface area contributed by atoms with Crippen molar-refractivity contribution >= 4 is 51.6 Å². The Labute approximate surface area is 198 Å². The number of hydrogen-bond acceptors (Lipinski definition) is 4. The summed E-state index contributed by atoms with van der Waals surface area (Å²) in [5.41, 5.74) is 1.29. The lowest BCUT2D eigenvalue weighted by molar-refractivity contribution is 0.105. The van der Waals surface area contributed by atoms with E-state index in [9.17, 15) is 0 Å². The predicted molar refractivity (Wildman–Crippen MR) is 132 cm³/mol. The molecular formula is C21H30BrIN4O2. The lowest BCUT2D eigenvalue weighted by Gasteiger charge is -2.19. The van der Waals surface area contributed by atoms with Gasteiger partial charge in [-0.3, -0.25) is 4.99 Å². The molecule has 0 amide bonds. The summed E-state index contributed by atoms with van der Waals surface area (Å²) in [7, 11) is 1.81. The maximum atomic E-state index is 5.59. The molecule has 1 saturated heterocycles. The van der Waals surface area contributed by atoms with Gasteiger partial charge in [0, 0.05) is 50.0 Å². The van der Waals surface area contributed by atoms with E-state index in [1.165, 1.54) is 12.1 Å². The average Bonchev–Trinajstić information content (AvgIpc) is 3.39. The molecule has 2 N–H and O–H groups in total. The molecule has 1 aromatic heterocycles. The highest BCUT2D eigenvalue weighted by Crippen LogP contribution is 2.24. The molecule has 1 aromatic carbocycles. The number of hydrogen-bond donors (Lipinski definition) is 2. The van der Waals surface area contributed by atoms with Crippen LogP contribution < -0.4 is 15.5 Å². The van der Waals surface area contributed by atoms with Crippen LogP contribution in [0.2, 0.25) is 0 Å². The van der Waals surface area contributed by atoms with Crippen LogP contribution in [0, 0.1) is 5.92 Å². The summed E-state index contributed by atoms with van der Waals surface area (Å²) >= 11 is 3.50. The van der Waals surface area contributed by atoms with Crippen molar-refractivity contribution in [1.29, 1.82) is 0 Å². The SMILES string of the molecule is CN=C(NCCCOCc1ccco1)NCC1CCN(c2ccc(Br)cc2)C1.I. The van der Waals surface area contributed by atoms with E-state index in [-0.39, 0.29) is 24.0 Å². The van der Waals surface area contributed by atoms with Gasteiger partial charge in [0.2, 0.25) is 0 Å². The third-order valence-corrected chi connectivity index (χ3v) is 5.37. The lowest BCUT2D eigenvalue weighted by atomic mass is 10.1. The van der Waals surface area contributed by atoms with Gasteiger partial charge in [0.15, 0.2) is 5.96 Å². The molecule has 2 heterocycles. The smallest absolute Gasteiger partial charge is 0.190 e. The highest BCUT2D eigenvalue weighted by Gasteiger charge is 2.22. The monoisotopic (exact) mass is 576 g/mol. The maximum Gasteiger partial charge on any atom is 0.190 e. The van der Waals surface area contributed by atoms with Crippen LogP contribution in [0.25, 0.3) is 0 Å². The van der Waals surface area contributed by atoms with E-state index >= 15 is 0 Å². The molecule has 0 spiro atoms. The Morgan fingerprint density at radius 2 is 2.10 bits per heavy atom. The Bertz CT molecular complexity index is 725. The van der Waals surface area contributed by atoms with E-state index in [2.05, 4.69) is 60.7 Å². The number of halogens is 2. The van der Waals surface area contributed by atoms with Crippen molar-refractivity contribution in [2.75, 3.05) is 44.7 Å². The maximum absolute atomic E-state index is 5.59. The lowest BCUT2D eigenvalue weighted by Crippen LogP contribution is -2.40.